The van der Waals surface area contributed by atoms with E-state index in [-0.39, 0.29) is 6.04 Å². The maximum atomic E-state index is 12.7. The Morgan fingerprint density at radius 1 is 1.00 bits per heavy atom. The van der Waals surface area contributed by atoms with Crippen LogP contribution in [0.4, 0.5) is 18.9 Å². The molecule has 0 saturated heterocycles. The normalized spacial score (nSPS) is 17.6. The average Bonchev–Trinajstić information content (AvgIpc) is 2.79. The molecule has 0 bridgehead atoms. The molecule has 3 rings (SSSR count). The van der Waals surface area contributed by atoms with Crippen molar-refractivity contribution in [2.24, 2.45) is 0 Å². The molecule has 0 heterocycles. The second kappa shape index (κ2) is 5.26. The van der Waals surface area contributed by atoms with Crippen LogP contribution in [-0.2, 0) is 19.0 Å². The summed E-state index contributed by atoms with van der Waals surface area (Å²) in [4.78, 5) is 0. The van der Waals surface area contributed by atoms with Crippen LogP contribution in [-0.4, -0.2) is 6.04 Å². The quantitative estimate of drug-likeness (QED) is 0.828. The van der Waals surface area contributed by atoms with E-state index >= 15 is 0 Å². The molecule has 2 aromatic carbocycles. The maximum Gasteiger partial charge on any atom is 0.416 e. The summed E-state index contributed by atoms with van der Waals surface area (Å²) in [6, 6.07) is 11.1. The van der Waals surface area contributed by atoms with E-state index in [2.05, 4.69) is 5.32 Å². The van der Waals surface area contributed by atoms with Gasteiger partial charge in [-0.05, 0) is 54.3 Å². The van der Waals surface area contributed by atoms with Gasteiger partial charge in [0.1, 0.15) is 0 Å². The van der Waals surface area contributed by atoms with Gasteiger partial charge in [0.15, 0.2) is 0 Å². The van der Waals surface area contributed by atoms with Crippen molar-refractivity contribution in [2.75, 3.05) is 5.32 Å². The van der Waals surface area contributed by atoms with E-state index in [0.717, 1.165) is 30.5 Å². The van der Waals surface area contributed by atoms with E-state index in [1.54, 1.807) is 6.07 Å². The van der Waals surface area contributed by atoms with Gasteiger partial charge in [0, 0.05) is 16.8 Å². The molecule has 1 aliphatic carbocycles. The highest BCUT2D eigenvalue weighted by molar-refractivity contribution is 6.30. The molecule has 110 valence electrons. The summed E-state index contributed by atoms with van der Waals surface area (Å²) in [5, 5.41) is 3.87. The summed E-state index contributed by atoms with van der Waals surface area (Å²) >= 11 is 5.96. The molecule has 0 saturated carbocycles. The van der Waals surface area contributed by atoms with Gasteiger partial charge in [0.05, 0.1) is 5.56 Å². The third kappa shape index (κ3) is 3.16. The molecule has 5 heteroatoms. The van der Waals surface area contributed by atoms with Crippen LogP contribution in [0.5, 0.6) is 0 Å². The van der Waals surface area contributed by atoms with E-state index in [0.29, 0.717) is 10.7 Å². The average molecular weight is 312 g/mol. The second-order valence-corrected chi connectivity index (χ2v) is 5.68. The molecule has 0 fully saturated rings. The number of hydrogen-bond acceptors (Lipinski definition) is 1. The predicted molar refractivity (Wildman–Crippen MR) is 77.7 cm³/mol. The van der Waals surface area contributed by atoms with Crippen LogP contribution in [0.3, 0.4) is 0 Å². The molecule has 1 atom stereocenters. The lowest BCUT2D eigenvalue weighted by Crippen LogP contribution is -2.19. The van der Waals surface area contributed by atoms with Gasteiger partial charge in [-0.25, -0.2) is 0 Å². The van der Waals surface area contributed by atoms with Crippen molar-refractivity contribution in [3.8, 4) is 0 Å². The lowest BCUT2D eigenvalue weighted by atomic mass is 10.1. The molecule has 0 aliphatic heterocycles. The smallest absolute Gasteiger partial charge is 0.382 e. The third-order valence-corrected chi connectivity index (χ3v) is 3.90. The number of hydrogen-bond donors (Lipinski definition) is 1. The van der Waals surface area contributed by atoms with Crippen LogP contribution >= 0.6 is 11.6 Å². The number of alkyl halides is 3. The van der Waals surface area contributed by atoms with Crippen molar-refractivity contribution in [3.05, 3.63) is 64.2 Å². The van der Waals surface area contributed by atoms with Crippen LogP contribution in [0.1, 0.15) is 16.7 Å². The summed E-state index contributed by atoms with van der Waals surface area (Å²) < 4.78 is 38.1. The zero-order chi connectivity index (χ0) is 15.0. The molecule has 1 unspecified atom stereocenters. The largest absolute Gasteiger partial charge is 0.416 e. The predicted octanol–water partition coefficient (Wildman–Crippen LogP) is 4.94. The van der Waals surface area contributed by atoms with Gasteiger partial charge >= 0.3 is 6.18 Å². The third-order valence-electron chi connectivity index (χ3n) is 3.66. The molecule has 1 aliphatic rings. The first-order valence-electron chi connectivity index (χ1n) is 6.63. The first kappa shape index (κ1) is 14.3. The topological polar surface area (TPSA) is 12.0 Å². The minimum Gasteiger partial charge on any atom is -0.382 e. The van der Waals surface area contributed by atoms with Crippen molar-refractivity contribution >= 4 is 17.3 Å². The Balaban J connectivity index is 1.75. The standard InChI is InChI=1S/C16H13ClF3N/c17-13-5-4-10-7-15(8-11(10)6-13)21-14-3-1-2-12(9-14)16(18,19)20/h1-6,9,15,21H,7-8H2. The van der Waals surface area contributed by atoms with Crippen molar-refractivity contribution in [1.29, 1.82) is 0 Å². The van der Waals surface area contributed by atoms with Crippen molar-refractivity contribution in [2.45, 2.75) is 25.1 Å². The van der Waals surface area contributed by atoms with Gasteiger partial charge in [-0.2, -0.15) is 13.2 Å². The maximum absolute atomic E-state index is 12.7. The van der Waals surface area contributed by atoms with Gasteiger partial charge in [-0.1, -0.05) is 23.7 Å². The van der Waals surface area contributed by atoms with Crippen LogP contribution in [0.25, 0.3) is 0 Å². The number of rotatable bonds is 2. The summed E-state index contributed by atoms with van der Waals surface area (Å²) in [5.74, 6) is 0. The summed E-state index contributed by atoms with van der Waals surface area (Å²) in [5.41, 5.74) is 2.22. The Kier molecular flexibility index (Phi) is 3.57. The summed E-state index contributed by atoms with van der Waals surface area (Å²) in [6.07, 6.45) is -2.75. The number of fused-ring (bicyclic) bond motifs is 1. The lowest BCUT2D eigenvalue weighted by molar-refractivity contribution is -0.137. The Hall–Kier alpha value is -1.68. The number of halogens is 4. The van der Waals surface area contributed by atoms with Gasteiger partial charge in [-0.15, -0.1) is 0 Å². The van der Waals surface area contributed by atoms with E-state index < -0.39 is 11.7 Å². The molecule has 0 aromatic heterocycles. The fraction of sp³-hybridized carbons (Fsp3) is 0.250. The van der Waals surface area contributed by atoms with Crippen molar-refractivity contribution in [3.63, 3.8) is 0 Å². The Morgan fingerprint density at radius 2 is 1.76 bits per heavy atom. The summed E-state index contributed by atoms with van der Waals surface area (Å²) in [6.45, 7) is 0. The monoisotopic (exact) mass is 311 g/mol. The fourth-order valence-electron chi connectivity index (χ4n) is 2.71. The van der Waals surface area contributed by atoms with Gasteiger partial charge < -0.3 is 5.32 Å². The Morgan fingerprint density at radius 3 is 2.52 bits per heavy atom. The zero-order valence-corrected chi connectivity index (χ0v) is 11.8. The van der Waals surface area contributed by atoms with Crippen LogP contribution in [0, 0.1) is 0 Å². The number of benzene rings is 2. The van der Waals surface area contributed by atoms with Crippen molar-refractivity contribution < 1.29 is 13.2 Å². The molecule has 1 nitrogen and oxygen atoms in total. The van der Waals surface area contributed by atoms with E-state index in [1.807, 2.05) is 18.2 Å². The molecular weight excluding hydrogens is 299 g/mol. The fourth-order valence-corrected chi connectivity index (χ4v) is 2.90. The summed E-state index contributed by atoms with van der Waals surface area (Å²) in [7, 11) is 0. The Labute approximate surface area is 125 Å². The SMILES string of the molecule is FC(F)(F)c1cccc(NC2Cc3ccc(Cl)cc3C2)c1. The number of anilines is 1. The van der Waals surface area contributed by atoms with Crippen molar-refractivity contribution in [1.82, 2.24) is 0 Å². The minimum atomic E-state index is -4.32. The first-order valence-corrected chi connectivity index (χ1v) is 7.01. The van der Waals surface area contributed by atoms with Gasteiger partial charge in [-0.3, -0.25) is 0 Å². The molecular formula is C16H13ClF3N. The Bertz CT molecular complexity index is 667. The molecule has 2 aromatic rings. The minimum absolute atomic E-state index is 0.0990. The van der Waals surface area contributed by atoms with E-state index in [4.69, 9.17) is 11.6 Å². The van der Waals surface area contributed by atoms with E-state index in [1.165, 1.54) is 11.6 Å². The molecule has 1 N–H and O–H groups in total. The van der Waals surface area contributed by atoms with Crippen LogP contribution < -0.4 is 5.32 Å². The lowest BCUT2D eigenvalue weighted by Gasteiger charge is -2.15. The van der Waals surface area contributed by atoms with Gasteiger partial charge in [0.25, 0.3) is 0 Å². The highest BCUT2D eigenvalue weighted by Crippen LogP contribution is 2.32. The van der Waals surface area contributed by atoms with E-state index in [9.17, 15) is 13.2 Å². The zero-order valence-electron chi connectivity index (χ0n) is 11.0. The molecule has 0 radical (unpaired) electrons. The first-order chi connectivity index (χ1) is 9.91. The molecule has 0 spiro atoms. The van der Waals surface area contributed by atoms with Crippen LogP contribution in [0.2, 0.25) is 5.02 Å². The molecule has 21 heavy (non-hydrogen) atoms. The van der Waals surface area contributed by atoms with Gasteiger partial charge in [0.2, 0.25) is 0 Å². The highest BCUT2D eigenvalue weighted by atomic mass is 35.5. The number of nitrogens with one attached hydrogen (secondary N) is 1. The highest BCUT2D eigenvalue weighted by Gasteiger charge is 2.30. The second-order valence-electron chi connectivity index (χ2n) is 5.24. The molecule has 0 amide bonds. The van der Waals surface area contributed by atoms with Crippen LogP contribution in [0.15, 0.2) is 42.5 Å².